The molecule has 1 amide bonds. The molecule has 0 bridgehead atoms. The van der Waals surface area contributed by atoms with Crippen molar-refractivity contribution in [1.82, 2.24) is 0 Å². The summed E-state index contributed by atoms with van der Waals surface area (Å²) in [6.45, 7) is 1.87. The minimum Gasteiger partial charge on any atom is -0.322 e. The second-order valence-corrected chi connectivity index (χ2v) is 7.86. The van der Waals surface area contributed by atoms with Crippen LogP contribution in [0.1, 0.15) is 21.5 Å². The van der Waals surface area contributed by atoms with Crippen LogP contribution in [0.4, 0.5) is 11.4 Å². The highest BCUT2D eigenvalue weighted by Gasteiger charge is 2.17. The lowest BCUT2D eigenvalue weighted by Crippen LogP contribution is -2.16. The van der Waals surface area contributed by atoms with E-state index in [2.05, 4.69) is 16.0 Å². The lowest BCUT2D eigenvalue weighted by Gasteiger charge is -2.10. The van der Waals surface area contributed by atoms with Crippen molar-refractivity contribution in [3.63, 3.8) is 0 Å². The molecular weight excluding hydrogens is 372 g/mol. The van der Waals surface area contributed by atoms with Crippen LogP contribution in [0.2, 0.25) is 0 Å². The molecule has 0 aliphatic rings. The highest BCUT2D eigenvalue weighted by molar-refractivity contribution is 7.92. The lowest BCUT2D eigenvalue weighted by atomic mass is 10.2. The number of carbonyl (C=O) groups excluding carboxylic acids is 1. The molecule has 0 atom stereocenters. The summed E-state index contributed by atoms with van der Waals surface area (Å²) >= 11 is 0. The van der Waals surface area contributed by atoms with Crippen molar-refractivity contribution in [2.24, 2.45) is 0 Å². The summed E-state index contributed by atoms with van der Waals surface area (Å²) in [6, 6.07) is 19.7. The predicted octanol–water partition coefficient (Wildman–Crippen LogP) is 4.03. The highest BCUT2D eigenvalue weighted by atomic mass is 32.2. The third-order valence-electron chi connectivity index (χ3n) is 3.96. The quantitative estimate of drug-likeness (QED) is 0.646. The first-order valence-corrected chi connectivity index (χ1v) is 9.93. The van der Waals surface area contributed by atoms with Crippen LogP contribution in [-0.2, 0) is 10.0 Å². The first-order chi connectivity index (χ1) is 13.4. The van der Waals surface area contributed by atoms with E-state index in [-0.39, 0.29) is 10.5 Å². The molecule has 0 saturated heterocycles. The summed E-state index contributed by atoms with van der Waals surface area (Å²) in [5.41, 5.74) is 2.78. The highest BCUT2D eigenvalue weighted by Crippen LogP contribution is 2.19. The summed E-state index contributed by atoms with van der Waals surface area (Å²) < 4.78 is 27.9. The van der Waals surface area contributed by atoms with Gasteiger partial charge in [0, 0.05) is 22.5 Å². The smallest absolute Gasteiger partial charge is 0.261 e. The van der Waals surface area contributed by atoms with E-state index in [4.69, 9.17) is 6.42 Å². The van der Waals surface area contributed by atoms with Crippen LogP contribution in [0.3, 0.4) is 0 Å². The molecule has 2 N–H and O–H groups in total. The number of sulfonamides is 1. The Bertz CT molecular complexity index is 1180. The van der Waals surface area contributed by atoms with Gasteiger partial charge in [-0.3, -0.25) is 9.52 Å². The average molecular weight is 390 g/mol. The second-order valence-electron chi connectivity index (χ2n) is 6.18. The van der Waals surface area contributed by atoms with Gasteiger partial charge in [-0.1, -0.05) is 30.2 Å². The van der Waals surface area contributed by atoms with Gasteiger partial charge >= 0.3 is 0 Å². The van der Waals surface area contributed by atoms with Gasteiger partial charge in [0.25, 0.3) is 15.9 Å². The zero-order chi connectivity index (χ0) is 20.1. The van der Waals surface area contributed by atoms with Crippen LogP contribution >= 0.6 is 0 Å². The van der Waals surface area contributed by atoms with Gasteiger partial charge in [-0.25, -0.2) is 8.42 Å². The number of amides is 1. The zero-order valence-corrected chi connectivity index (χ0v) is 16.0. The summed E-state index contributed by atoms with van der Waals surface area (Å²) in [7, 11) is -3.83. The van der Waals surface area contributed by atoms with Gasteiger partial charge in [0.1, 0.15) is 0 Å². The third kappa shape index (κ3) is 4.58. The number of hydrogen-bond donors (Lipinski definition) is 2. The second kappa shape index (κ2) is 7.99. The Morgan fingerprint density at radius 1 is 0.929 bits per heavy atom. The number of terminal acetylenes is 1. The molecule has 0 unspecified atom stereocenters. The van der Waals surface area contributed by atoms with E-state index in [1.807, 2.05) is 13.0 Å². The minimum absolute atomic E-state index is 0.000897. The fourth-order valence-corrected chi connectivity index (χ4v) is 3.71. The van der Waals surface area contributed by atoms with Crippen molar-refractivity contribution < 1.29 is 13.2 Å². The van der Waals surface area contributed by atoms with Gasteiger partial charge in [-0.15, -0.1) is 6.42 Å². The monoisotopic (exact) mass is 390 g/mol. The summed E-state index contributed by atoms with van der Waals surface area (Å²) in [5.74, 6) is 2.07. The average Bonchev–Trinajstić information content (AvgIpc) is 2.68. The Labute approximate surface area is 164 Å². The van der Waals surface area contributed by atoms with Crippen LogP contribution in [0.15, 0.2) is 77.7 Å². The Hall–Kier alpha value is -3.56. The molecule has 28 heavy (non-hydrogen) atoms. The minimum atomic E-state index is -3.83. The first-order valence-electron chi connectivity index (χ1n) is 8.45. The summed E-state index contributed by atoms with van der Waals surface area (Å²) in [5, 5.41) is 2.72. The van der Waals surface area contributed by atoms with Gasteiger partial charge in [0.05, 0.1) is 4.90 Å². The van der Waals surface area contributed by atoms with Crippen LogP contribution in [-0.4, -0.2) is 14.3 Å². The van der Waals surface area contributed by atoms with E-state index in [1.54, 1.807) is 48.5 Å². The first kappa shape index (κ1) is 19.2. The molecule has 0 aromatic heterocycles. The molecule has 3 aromatic rings. The van der Waals surface area contributed by atoms with Gasteiger partial charge < -0.3 is 5.32 Å². The number of nitrogens with one attached hydrogen (secondary N) is 2. The number of aryl methyl sites for hydroxylation is 1. The molecule has 0 fully saturated rings. The topological polar surface area (TPSA) is 75.3 Å². The van der Waals surface area contributed by atoms with Crippen molar-refractivity contribution in [2.75, 3.05) is 10.0 Å². The maximum Gasteiger partial charge on any atom is 0.261 e. The van der Waals surface area contributed by atoms with E-state index in [9.17, 15) is 13.2 Å². The molecule has 0 saturated carbocycles. The van der Waals surface area contributed by atoms with Crippen molar-refractivity contribution in [1.29, 1.82) is 0 Å². The predicted molar refractivity (Wildman–Crippen MR) is 111 cm³/mol. The van der Waals surface area contributed by atoms with Crippen molar-refractivity contribution in [2.45, 2.75) is 11.8 Å². The van der Waals surface area contributed by atoms with Crippen molar-refractivity contribution in [3.05, 3.63) is 89.5 Å². The van der Waals surface area contributed by atoms with E-state index in [1.165, 1.54) is 18.2 Å². The van der Waals surface area contributed by atoms with E-state index in [0.717, 1.165) is 5.56 Å². The summed E-state index contributed by atoms with van der Waals surface area (Å²) in [4.78, 5) is 12.5. The Balaban J connectivity index is 1.82. The molecule has 0 aliphatic carbocycles. The lowest BCUT2D eigenvalue weighted by molar-refractivity contribution is 0.102. The van der Waals surface area contributed by atoms with Gasteiger partial charge in [0.15, 0.2) is 0 Å². The van der Waals surface area contributed by atoms with Gasteiger partial charge in [-0.05, 0) is 61.0 Å². The van der Waals surface area contributed by atoms with Crippen LogP contribution in [0.5, 0.6) is 0 Å². The number of anilines is 2. The molecule has 0 radical (unpaired) electrons. The van der Waals surface area contributed by atoms with Gasteiger partial charge in [0.2, 0.25) is 0 Å². The standard InChI is InChI=1S/C22H18N2O3S/c1-3-17-8-5-10-19(14-17)23-22(25)18-9-6-12-21(15-18)28(26,27)24-20-11-4-7-16(2)13-20/h1,4-15,24H,2H3,(H,23,25). The molecule has 6 heteroatoms. The van der Waals surface area contributed by atoms with E-state index < -0.39 is 15.9 Å². The maximum absolute atomic E-state index is 12.7. The molecule has 0 heterocycles. The molecular formula is C22H18N2O3S. The third-order valence-corrected chi connectivity index (χ3v) is 5.34. The maximum atomic E-state index is 12.7. The Morgan fingerprint density at radius 2 is 1.64 bits per heavy atom. The number of rotatable bonds is 5. The fourth-order valence-electron chi connectivity index (χ4n) is 2.62. The summed E-state index contributed by atoms with van der Waals surface area (Å²) in [6.07, 6.45) is 5.36. The van der Waals surface area contributed by atoms with Crippen molar-refractivity contribution in [3.8, 4) is 12.3 Å². The van der Waals surface area contributed by atoms with E-state index in [0.29, 0.717) is 16.9 Å². The molecule has 3 rings (SSSR count). The zero-order valence-electron chi connectivity index (χ0n) is 15.1. The SMILES string of the molecule is C#Cc1cccc(NC(=O)c2cccc(S(=O)(=O)Nc3cccc(C)c3)c2)c1. The molecule has 0 spiro atoms. The number of benzene rings is 3. The van der Waals surface area contributed by atoms with Crippen LogP contribution < -0.4 is 10.0 Å². The van der Waals surface area contributed by atoms with Crippen molar-refractivity contribution >= 4 is 27.3 Å². The van der Waals surface area contributed by atoms with Gasteiger partial charge in [-0.2, -0.15) is 0 Å². The largest absolute Gasteiger partial charge is 0.322 e. The Kier molecular flexibility index (Phi) is 5.48. The molecule has 3 aromatic carbocycles. The number of hydrogen-bond acceptors (Lipinski definition) is 3. The number of carbonyl (C=O) groups is 1. The van der Waals surface area contributed by atoms with E-state index >= 15 is 0 Å². The van der Waals surface area contributed by atoms with Crippen LogP contribution in [0, 0.1) is 19.3 Å². The van der Waals surface area contributed by atoms with Crippen LogP contribution in [0.25, 0.3) is 0 Å². The molecule has 5 nitrogen and oxygen atoms in total. The normalized spacial score (nSPS) is 10.7. The fraction of sp³-hybridized carbons (Fsp3) is 0.0455. The molecule has 140 valence electrons. The Morgan fingerprint density at radius 3 is 2.39 bits per heavy atom. The molecule has 0 aliphatic heterocycles.